The van der Waals surface area contributed by atoms with Crippen molar-refractivity contribution >= 4 is 11.8 Å². The molecule has 22 heavy (non-hydrogen) atoms. The van der Waals surface area contributed by atoms with Crippen molar-refractivity contribution < 1.29 is 19.0 Å². The number of amides is 1. The molecule has 1 aromatic carbocycles. The second-order valence-electron chi connectivity index (χ2n) is 6.48. The number of ether oxygens (including phenoxy) is 1. The summed E-state index contributed by atoms with van der Waals surface area (Å²) >= 11 is 0. The third-order valence-electron chi connectivity index (χ3n) is 3.47. The number of aliphatic hydroxyl groups is 1. The van der Waals surface area contributed by atoms with Crippen LogP contribution in [0.3, 0.4) is 0 Å². The van der Waals surface area contributed by atoms with Gasteiger partial charge in [0.15, 0.2) is 0 Å². The van der Waals surface area contributed by atoms with Crippen LogP contribution in [0.15, 0.2) is 18.2 Å². The van der Waals surface area contributed by atoms with Gasteiger partial charge in [0.1, 0.15) is 11.4 Å². The minimum absolute atomic E-state index is 0.0963. The van der Waals surface area contributed by atoms with Gasteiger partial charge in [0.05, 0.1) is 18.3 Å². The lowest BCUT2D eigenvalue weighted by Crippen LogP contribution is -2.40. The molecule has 0 saturated carbocycles. The number of carbonyl (C=O) groups excluding carboxylic acids is 1. The van der Waals surface area contributed by atoms with E-state index in [-0.39, 0.29) is 18.5 Å². The third-order valence-corrected chi connectivity index (χ3v) is 3.47. The monoisotopic (exact) mass is 310 g/mol. The molecule has 2 rings (SSSR count). The van der Waals surface area contributed by atoms with Crippen molar-refractivity contribution in [2.75, 3.05) is 18.0 Å². The minimum Gasteiger partial charge on any atom is -0.444 e. The van der Waals surface area contributed by atoms with Gasteiger partial charge in [-0.3, -0.25) is 0 Å². The minimum atomic E-state index is -0.544. The molecule has 0 aromatic heterocycles. The Kier molecular flexibility index (Phi) is 4.90. The lowest BCUT2D eigenvalue weighted by Gasteiger charge is -2.23. The van der Waals surface area contributed by atoms with Crippen molar-refractivity contribution in [2.24, 2.45) is 0 Å². The van der Waals surface area contributed by atoms with E-state index < -0.39 is 11.7 Å². The van der Waals surface area contributed by atoms with E-state index in [4.69, 9.17) is 4.74 Å². The number of halogens is 1. The maximum absolute atomic E-state index is 14.0. The number of para-hydroxylation sites is 1. The highest BCUT2D eigenvalue weighted by Gasteiger charge is 2.28. The quantitative estimate of drug-likeness (QED) is 0.900. The zero-order chi connectivity index (χ0) is 16.3. The summed E-state index contributed by atoms with van der Waals surface area (Å²) < 4.78 is 19.3. The summed E-state index contributed by atoms with van der Waals surface area (Å²) in [5.74, 6) is -0.357. The number of nitrogens with one attached hydrogen (secondary N) is 1. The number of nitrogens with zero attached hydrogens (tertiary/aromatic N) is 1. The summed E-state index contributed by atoms with van der Waals surface area (Å²) in [6, 6.07) is 4.56. The van der Waals surface area contributed by atoms with Crippen LogP contribution in [-0.2, 0) is 11.3 Å². The van der Waals surface area contributed by atoms with Crippen LogP contribution < -0.4 is 10.2 Å². The zero-order valence-electron chi connectivity index (χ0n) is 13.2. The van der Waals surface area contributed by atoms with Gasteiger partial charge in [-0.25, -0.2) is 9.18 Å². The maximum Gasteiger partial charge on any atom is 0.407 e. The van der Waals surface area contributed by atoms with E-state index >= 15 is 0 Å². The van der Waals surface area contributed by atoms with Crippen LogP contribution in [0, 0.1) is 5.82 Å². The Balaban J connectivity index is 2.00. The second-order valence-corrected chi connectivity index (χ2v) is 6.48. The highest BCUT2D eigenvalue weighted by molar-refractivity contribution is 5.68. The van der Waals surface area contributed by atoms with Gasteiger partial charge in [-0.05, 0) is 33.3 Å². The van der Waals surface area contributed by atoms with E-state index in [1.54, 1.807) is 32.9 Å². The SMILES string of the molecule is CC(C)(C)OC(=O)N[C@@H]1CCN(c2c(F)cccc2CO)C1. The van der Waals surface area contributed by atoms with Crippen molar-refractivity contribution in [3.8, 4) is 0 Å². The number of hydrogen-bond donors (Lipinski definition) is 2. The van der Waals surface area contributed by atoms with Gasteiger partial charge >= 0.3 is 6.09 Å². The number of rotatable bonds is 3. The summed E-state index contributed by atoms with van der Waals surface area (Å²) in [6.45, 7) is 6.32. The van der Waals surface area contributed by atoms with Crippen LogP contribution in [0.2, 0.25) is 0 Å². The smallest absolute Gasteiger partial charge is 0.407 e. The Bertz CT molecular complexity index is 543. The van der Waals surface area contributed by atoms with E-state index in [0.717, 1.165) is 0 Å². The molecule has 6 heteroatoms. The molecule has 1 heterocycles. The molecule has 2 N–H and O–H groups in total. The van der Waals surface area contributed by atoms with Gasteiger partial charge < -0.3 is 20.1 Å². The molecule has 0 spiro atoms. The fraction of sp³-hybridized carbons (Fsp3) is 0.562. The van der Waals surface area contributed by atoms with E-state index in [9.17, 15) is 14.3 Å². The molecular weight excluding hydrogens is 287 g/mol. The third kappa shape index (κ3) is 4.10. The molecule has 0 unspecified atom stereocenters. The fourth-order valence-electron chi connectivity index (χ4n) is 2.60. The second kappa shape index (κ2) is 6.52. The number of benzene rings is 1. The molecule has 122 valence electrons. The largest absolute Gasteiger partial charge is 0.444 e. The molecule has 0 radical (unpaired) electrons. The Labute approximate surface area is 130 Å². The molecular formula is C16H23FN2O3. The van der Waals surface area contributed by atoms with Crippen LogP contribution in [0.25, 0.3) is 0 Å². The lowest BCUT2D eigenvalue weighted by molar-refractivity contribution is 0.0509. The van der Waals surface area contributed by atoms with Gasteiger partial charge in [-0.15, -0.1) is 0 Å². The fourth-order valence-corrected chi connectivity index (χ4v) is 2.60. The average molecular weight is 310 g/mol. The van der Waals surface area contributed by atoms with Crippen molar-refractivity contribution in [1.29, 1.82) is 0 Å². The van der Waals surface area contributed by atoms with E-state index in [1.807, 2.05) is 4.90 Å². The predicted octanol–water partition coefficient (Wildman–Crippen LogP) is 2.42. The highest BCUT2D eigenvalue weighted by atomic mass is 19.1. The van der Waals surface area contributed by atoms with Crippen molar-refractivity contribution in [3.63, 3.8) is 0 Å². The molecule has 1 fully saturated rings. The van der Waals surface area contributed by atoms with Gasteiger partial charge in [-0.1, -0.05) is 12.1 Å². The highest BCUT2D eigenvalue weighted by Crippen LogP contribution is 2.28. The number of hydrogen-bond acceptors (Lipinski definition) is 4. The first-order valence-electron chi connectivity index (χ1n) is 7.43. The summed E-state index contributed by atoms with van der Waals surface area (Å²) in [7, 11) is 0. The van der Waals surface area contributed by atoms with E-state index in [2.05, 4.69) is 5.32 Å². The predicted molar refractivity (Wildman–Crippen MR) is 82.3 cm³/mol. The van der Waals surface area contributed by atoms with Crippen molar-refractivity contribution in [3.05, 3.63) is 29.6 Å². The Morgan fingerprint density at radius 2 is 2.23 bits per heavy atom. The summed E-state index contributed by atoms with van der Waals surface area (Å²) in [6.07, 6.45) is 0.244. The summed E-state index contributed by atoms with van der Waals surface area (Å²) in [5, 5.41) is 12.2. The van der Waals surface area contributed by atoms with E-state index in [0.29, 0.717) is 30.8 Å². The van der Waals surface area contributed by atoms with Crippen molar-refractivity contribution in [1.82, 2.24) is 5.32 Å². The Hall–Kier alpha value is -1.82. The zero-order valence-corrected chi connectivity index (χ0v) is 13.2. The molecule has 1 aliphatic heterocycles. The summed E-state index contributed by atoms with van der Waals surface area (Å²) in [5.41, 5.74) is 0.425. The number of aliphatic hydroxyl groups excluding tert-OH is 1. The first-order chi connectivity index (χ1) is 10.3. The molecule has 0 aliphatic carbocycles. The molecule has 1 saturated heterocycles. The topological polar surface area (TPSA) is 61.8 Å². The molecule has 1 aromatic rings. The first kappa shape index (κ1) is 16.5. The number of alkyl carbamates (subject to hydrolysis) is 1. The maximum atomic E-state index is 14.0. The van der Waals surface area contributed by atoms with Gasteiger partial charge in [-0.2, -0.15) is 0 Å². The van der Waals surface area contributed by atoms with E-state index in [1.165, 1.54) is 6.07 Å². The van der Waals surface area contributed by atoms with Gasteiger partial charge in [0.2, 0.25) is 0 Å². The molecule has 1 amide bonds. The molecule has 5 nitrogen and oxygen atoms in total. The molecule has 1 atom stereocenters. The van der Waals surface area contributed by atoms with Crippen LogP contribution in [0.5, 0.6) is 0 Å². The van der Waals surface area contributed by atoms with Crippen LogP contribution >= 0.6 is 0 Å². The van der Waals surface area contributed by atoms with Gasteiger partial charge in [0.25, 0.3) is 0 Å². The lowest BCUT2D eigenvalue weighted by atomic mass is 10.1. The molecule has 1 aliphatic rings. The Morgan fingerprint density at radius 3 is 2.86 bits per heavy atom. The van der Waals surface area contributed by atoms with Crippen molar-refractivity contribution in [2.45, 2.75) is 45.4 Å². The number of carbonyl (C=O) groups is 1. The van der Waals surface area contributed by atoms with Crippen LogP contribution in [0.4, 0.5) is 14.9 Å². The Morgan fingerprint density at radius 1 is 1.50 bits per heavy atom. The van der Waals surface area contributed by atoms with Crippen LogP contribution in [0.1, 0.15) is 32.8 Å². The molecule has 0 bridgehead atoms. The average Bonchev–Trinajstić information content (AvgIpc) is 2.83. The summed E-state index contributed by atoms with van der Waals surface area (Å²) in [4.78, 5) is 13.6. The first-order valence-corrected chi connectivity index (χ1v) is 7.43. The van der Waals surface area contributed by atoms with Gasteiger partial charge in [0, 0.05) is 18.7 Å². The standard InChI is InChI=1S/C16H23FN2O3/c1-16(2,3)22-15(21)18-12-7-8-19(9-12)14-11(10-20)5-4-6-13(14)17/h4-6,12,20H,7-10H2,1-3H3,(H,18,21)/t12-/m1/s1. The van der Waals surface area contributed by atoms with Crippen LogP contribution in [-0.4, -0.2) is 35.9 Å². The number of anilines is 1. The normalized spacial score (nSPS) is 18.4.